The first-order valence-corrected chi connectivity index (χ1v) is 7.22. The second kappa shape index (κ2) is 6.21. The van der Waals surface area contributed by atoms with Gasteiger partial charge in [-0.25, -0.2) is 4.79 Å². The van der Waals surface area contributed by atoms with Gasteiger partial charge >= 0.3 is 6.09 Å². The minimum absolute atomic E-state index is 0.135. The Balaban J connectivity index is 1.90. The normalized spacial score (nSPS) is 15.6. The van der Waals surface area contributed by atoms with E-state index in [1.807, 2.05) is 20.8 Å². The summed E-state index contributed by atoms with van der Waals surface area (Å²) in [5.41, 5.74) is -0.0558. The Hall–Kier alpha value is -2.31. The number of nitrogens with zero attached hydrogens (tertiary/aromatic N) is 3. The van der Waals surface area contributed by atoms with Gasteiger partial charge in [0.15, 0.2) is 12.4 Å². The lowest BCUT2D eigenvalue weighted by Crippen LogP contribution is -2.51. The van der Waals surface area contributed by atoms with Crippen LogP contribution in [0.4, 0.5) is 4.79 Å². The van der Waals surface area contributed by atoms with Crippen molar-refractivity contribution in [1.82, 2.24) is 9.80 Å². The molecule has 0 saturated carbocycles. The van der Waals surface area contributed by atoms with Crippen molar-refractivity contribution in [2.75, 3.05) is 26.2 Å². The van der Waals surface area contributed by atoms with E-state index in [2.05, 4.69) is 0 Å². The number of rotatable bonds is 1. The van der Waals surface area contributed by atoms with Gasteiger partial charge in [-0.3, -0.25) is 4.79 Å². The maximum absolute atomic E-state index is 12.3. The molecule has 1 saturated heterocycles. The fourth-order valence-corrected chi connectivity index (χ4v) is 2.16. The molecule has 1 fully saturated rings. The van der Waals surface area contributed by atoms with Crippen LogP contribution in [0.3, 0.4) is 0 Å². The number of aromatic nitrogens is 1. The molecule has 1 aromatic rings. The van der Waals surface area contributed by atoms with E-state index in [9.17, 15) is 14.8 Å². The van der Waals surface area contributed by atoms with Crippen molar-refractivity contribution in [1.29, 1.82) is 0 Å². The molecule has 2 rings (SSSR count). The molecule has 0 atom stereocenters. The first-order valence-electron chi connectivity index (χ1n) is 7.22. The lowest BCUT2D eigenvalue weighted by atomic mass is 10.2. The minimum Gasteiger partial charge on any atom is -0.619 e. The van der Waals surface area contributed by atoms with Crippen LogP contribution in [-0.4, -0.2) is 53.6 Å². The fourth-order valence-electron chi connectivity index (χ4n) is 2.16. The summed E-state index contributed by atoms with van der Waals surface area (Å²) in [6, 6.07) is 2.99. The largest absolute Gasteiger partial charge is 0.619 e. The van der Waals surface area contributed by atoms with Crippen molar-refractivity contribution < 1.29 is 19.1 Å². The summed E-state index contributed by atoms with van der Waals surface area (Å²) in [4.78, 5) is 27.5. The van der Waals surface area contributed by atoms with Crippen molar-refractivity contribution in [3.8, 4) is 0 Å². The van der Waals surface area contributed by atoms with Crippen LogP contribution in [0.2, 0.25) is 0 Å². The Morgan fingerprint density at radius 2 is 1.59 bits per heavy atom. The van der Waals surface area contributed by atoms with E-state index in [0.717, 1.165) is 0 Å². The van der Waals surface area contributed by atoms with E-state index in [0.29, 0.717) is 36.5 Å². The SMILES string of the molecule is CC(C)(C)OC(=O)N1CCN(C(=O)c2cc[n+]([O-])cc2)CC1. The number of pyridine rings is 1. The predicted octanol–water partition coefficient (Wildman–Crippen LogP) is 1.01. The highest BCUT2D eigenvalue weighted by Gasteiger charge is 2.28. The van der Waals surface area contributed by atoms with Crippen molar-refractivity contribution in [2.45, 2.75) is 26.4 Å². The summed E-state index contributed by atoms with van der Waals surface area (Å²) in [6.45, 7) is 7.24. The van der Waals surface area contributed by atoms with Crippen LogP contribution < -0.4 is 4.73 Å². The molecule has 1 aliphatic heterocycles. The fraction of sp³-hybridized carbons (Fsp3) is 0.533. The van der Waals surface area contributed by atoms with Gasteiger partial charge in [0, 0.05) is 38.3 Å². The van der Waals surface area contributed by atoms with Gasteiger partial charge in [0.05, 0.1) is 5.56 Å². The van der Waals surface area contributed by atoms with Crippen LogP contribution in [0, 0.1) is 5.21 Å². The van der Waals surface area contributed by atoms with Gasteiger partial charge in [-0.05, 0) is 20.8 Å². The van der Waals surface area contributed by atoms with E-state index in [1.54, 1.807) is 9.80 Å². The molecule has 120 valence electrons. The van der Waals surface area contributed by atoms with E-state index in [4.69, 9.17) is 4.74 Å². The molecular weight excluding hydrogens is 286 g/mol. The number of hydrogen-bond acceptors (Lipinski definition) is 4. The smallest absolute Gasteiger partial charge is 0.410 e. The number of carbonyl (C=O) groups is 2. The van der Waals surface area contributed by atoms with Crippen LogP contribution in [0.5, 0.6) is 0 Å². The first-order chi connectivity index (χ1) is 10.3. The Morgan fingerprint density at radius 1 is 1.09 bits per heavy atom. The number of piperazine rings is 1. The van der Waals surface area contributed by atoms with Crippen LogP contribution in [-0.2, 0) is 4.74 Å². The highest BCUT2D eigenvalue weighted by Crippen LogP contribution is 2.13. The van der Waals surface area contributed by atoms with Crippen molar-refractivity contribution in [2.24, 2.45) is 0 Å². The van der Waals surface area contributed by atoms with Gasteiger partial charge in [0.2, 0.25) is 0 Å². The monoisotopic (exact) mass is 307 g/mol. The molecular formula is C15H21N3O4. The van der Waals surface area contributed by atoms with Gasteiger partial charge < -0.3 is 19.7 Å². The third-order valence-corrected chi connectivity index (χ3v) is 3.27. The molecule has 0 aromatic carbocycles. The standard InChI is InChI=1S/C15H21N3O4/c1-15(2,3)22-14(20)17-10-8-16(9-11-17)13(19)12-4-6-18(21)7-5-12/h4-7H,8-11H2,1-3H3. The molecule has 1 aliphatic rings. The highest BCUT2D eigenvalue weighted by atomic mass is 16.6. The highest BCUT2D eigenvalue weighted by molar-refractivity contribution is 5.94. The Labute approximate surface area is 129 Å². The Morgan fingerprint density at radius 3 is 2.09 bits per heavy atom. The number of amides is 2. The average molecular weight is 307 g/mol. The first kappa shape index (κ1) is 16.1. The van der Waals surface area contributed by atoms with Crippen molar-refractivity contribution >= 4 is 12.0 Å². The summed E-state index contributed by atoms with van der Waals surface area (Å²) in [6.07, 6.45) is 2.24. The maximum Gasteiger partial charge on any atom is 0.410 e. The number of carbonyl (C=O) groups excluding carboxylic acids is 2. The Kier molecular flexibility index (Phi) is 4.54. The molecule has 0 N–H and O–H groups in total. The number of hydrogen-bond donors (Lipinski definition) is 0. The lowest BCUT2D eigenvalue weighted by molar-refractivity contribution is -0.605. The van der Waals surface area contributed by atoms with E-state index >= 15 is 0 Å². The average Bonchev–Trinajstić information content (AvgIpc) is 2.46. The zero-order valence-electron chi connectivity index (χ0n) is 13.1. The molecule has 7 nitrogen and oxygen atoms in total. The van der Waals surface area contributed by atoms with Crippen LogP contribution in [0.1, 0.15) is 31.1 Å². The van der Waals surface area contributed by atoms with Crippen molar-refractivity contribution in [3.05, 3.63) is 35.3 Å². The molecule has 22 heavy (non-hydrogen) atoms. The topological polar surface area (TPSA) is 76.8 Å². The third kappa shape index (κ3) is 4.09. The minimum atomic E-state index is -0.526. The second-order valence-electron chi connectivity index (χ2n) is 6.21. The van der Waals surface area contributed by atoms with Crippen LogP contribution in [0.25, 0.3) is 0 Å². The molecule has 7 heteroatoms. The van der Waals surface area contributed by atoms with Gasteiger partial charge in [-0.15, -0.1) is 0 Å². The van der Waals surface area contributed by atoms with E-state index < -0.39 is 5.60 Å². The Bertz CT molecular complexity index is 543. The molecule has 0 bridgehead atoms. The predicted molar refractivity (Wildman–Crippen MR) is 79.1 cm³/mol. The summed E-state index contributed by atoms with van der Waals surface area (Å²) in [5, 5.41) is 11.0. The molecule has 0 unspecified atom stereocenters. The molecule has 2 amide bonds. The number of ether oxygens (including phenoxy) is 1. The lowest BCUT2D eigenvalue weighted by Gasteiger charge is -2.35. The van der Waals surface area contributed by atoms with E-state index in [1.165, 1.54) is 24.5 Å². The molecule has 0 aliphatic carbocycles. The summed E-state index contributed by atoms with van der Waals surface area (Å²) in [5.74, 6) is -0.135. The molecule has 1 aromatic heterocycles. The van der Waals surface area contributed by atoms with Crippen molar-refractivity contribution in [3.63, 3.8) is 0 Å². The quantitative estimate of drug-likeness (QED) is 0.573. The molecule has 0 radical (unpaired) electrons. The zero-order valence-corrected chi connectivity index (χ0v) is 13.1. The zero-order chi connectivity index (χ0) is 16.3. The second-order valence-corrected chi connectivity index (χ2v) is 6.21. The summed E-state index contributed by atoms with van der Waals surface area (Å²) in [7, 11) is 0. The van der Waals surface area contributed by atoms with Gasteiger partial charge in [-0.1, -0.05) is 0 Å². The summed E-state index contributed by atoms with van der Waals surface area (Å²) >= 11 is 0. The van der Waals surface area contributed by atoms with Gasteiger partial charge in [-0.2, -0.15) is 4.73 Å². The maximum atomic E-state index is 12.3. The molecule has 2 heterocycles. The van der Waals surface area contributed by atoms with E-state index in [-0.39, 0.29) is 12.0 Å². The third-order valence-electron chi connectivity index (χ3n) is 3.27. The van der Waals surface area contributed by atoms with Gasteiger partial charge in [0.1, 0.15) is 5.60 Å². The van der Waals surface area contributed by atoms with Gasteiger partial charge in [0.25, 0.3) is 5.91 Å². The summed E-state index contributed by atoms with van der Waals surface area (Å²) < 4.78 is 5.95. The van der Waals surface area contributed by atoms with Crippen LogP contribution >= 0.6 is 0 Å². The van der Waals surface area contributed by atoms with Crippen LogP contribution in [0.15, 0.2) is 24.5 Å². The molecule has 0 spiro atoms.